The molecule has 2 aliphatic heterocycles. The molecule has 0 atom stereocenters. The number of hydrogen-bond donors (Lipinski definition) is 0. The van der Waals surface area contributed by atoms with E-state index >= 15 is 0 Å². The molecule has 2 saturated heterocycles. The van der Waals surface area contributed by atoms with Crippen molar-refractivity contribution in [3.8, 4) is 0 Å². The van der Waals surface area contributed by atoms with Gasteiger partial charge in [0.15, 0.2) is 0 Å². The zero-order valence-electron chi connectivity index (χ0n) is 14.0. The Morgan fingerprint density at radius 3 is 2.52 bits per heavy atom. The van der Waals surface area contributed by atoms with Gasteiger partial charge in [-0.25, -0.2) is 4.98 Å². The minimum absolute atomic E-state index is 0.447. The highest BCUT2D eigenvalue weighted by Crippen LogP contribution is 2.41. The fourth-order valence-corrected chi connectivity index (χ4v) is 4.62. The monoisotopic (exact) mass is 331 g/mol. The third-order valence-corrected chi connectivity index (χ3v) is 6.31. The Labute approximate surface area is 141 Å². The molecular formula is C17H25N5S. The quantitative estimate of drug-likeness (QED) is 0.862. The van der Waals surface area contributed by atoms with E-state index in [0.29, 0.717) is 5.54 Å². The van der Waals surface area contributed by atoms with Crippen LogP contribution < -0.4 is 0 Å². The molecule has 2 aromatic heterocycles. The van der Waals surface area contributed by atoms with E-state index in [-0.39, 0.29) is 0 Å². The molecule has 0 saturated carbocycles. The van der Waals surface area contributed by atoms with Gasteiger partial charge in [0.1, 0.15) is 0 Å². The van der Waals surface area contributed by atoms with Crippen molar-refractivity contribution in [2.24, 2.45) is 7.05 Å². The molecular weight excluding hydrogens is 306 g/mol. The summed E-state index contributed by atoms with van der Waals surface area (Å²) in [5.74, 6) is 0. The van der Waals surface area contributed by atoms with Gasteiger partial charge in [-0.05, 0) is 26.2 Å². The van der Waals surface area contributed by atoms with E-state index in [1.807, 2.05) is 17.9 Å². The van der Waals surface area contributed by atoms with Gasteiger partial charge < -0.3 is 0 Å². The Morgan fingerprint density at radius 2 is 1.96 bits per heavy atom. The standard InChI is InChI=1S/C17H25N5S/c1-14-19-16(13-23-14)12-22-8-5-17(22)3-6-21(7-4-17)11-15-9-18-20(2)10-15/h9-10,13H,3-8,11-12H2,1-2H3. The van der Waals surface area contributed by atoms with Crippen LogP contribution in [0.25, 0.3) is 0 Å². The zero-order valence-corrected chi connectivity index (χ0v) is 14.8. The minimum Gasteiger partial charge on any atom is -0.299 e. The molecule has 1 spiro atoms. The van der Waals surface area contributed by atoms with Gasteiger partial charge in [-0.3, -0.25) is 14.5 Å². The first-order valence-electron chi connectivity index (χ1n) is 8.49. The number of rotatable bonds is 4. The fourth-order valence-electron chi connectivity index (χ4n) is 4.01. The smallest absolute Gasteiger partial charge is 0.0897 e. The molecule has 2 fully saturated rings. The summed E-state index contributed by atoms with van der Waals surface area (Å²) in [6.07, 6.45) is 8.05. The molecule has 4 heterocycles. The van der Waals surface area contributed by atoms with Crippen LogP contribution in [0, 0.1) is 6.92 Å². The molecule has 124 valence electrons. The van der Waals surface area contributed by atoms with E-state index in [9.17, 15) is 0 Å². The highest BCUT2D eigenvalue weighted by Gasteiger charge is 2.46. The van der Waals surface area contributed by atoms with Crippen molar-refractivity contribution in [2.45, 2.75) is 44.8 Å². The van der Waals surface area contributed by atoms with Crippen LogP contribution in [0.15, 0.2) is 17.8 Å². The molecule has 0 amide bonds. The molecule has 2 aliphatic rings. The van der Waals surface area contributed by atoms with Gasteiger partial charge >= 0.3 is 0 Å². The Bertz CT molecular complexity index is 668. The predicted molar refractivity (Wildman–Crippen MR) is 92.3 cm³/mol. The van der Waals surface area contributed by atoms with Crippen molar-refractivity contribution in [2.75, 3.05) is 19.6 Å². The van der Waals surface area contributed by atoms with E-state index in [4.69, 9.17) is 0 Å². The number of piperidine rings is 1. The van der Waals surface area contributed by atoms with Crippen LogP contribution in [-0.2, 0) is 20.1 Å². The molecule has 23 heavy (non-hydrogen) atoms. The molecule has 0 radical (unpaired) electrons. The normalized spacial score (nSPS) is 21.7. The minimum atomic E-state index is 0.447. The molecule has 0 N–H and O–H groups in total. The number of hydrogen-bond acceptors (Lipinski definition) is 5. The van der Waals surface area contributed by atoms with Gasteiger partial charge in [-0.1, -0.05) is 0 Å². The summed E-state index contributed by atoms with van der Waals surface area (Å²) >= 11 is 1.77. The van der Waals surface area contributed by atoms with Crippen molar-refractivity contribution in [3.05, 3.63) is 34.0 Å². The average molecular weight is 331 g/mol. The summed E-state index contributed by atoms with van der Waals surface area (Å²) in [4.78, 5) is 9.89. The van der Waals surface area contributed by atoms with E-state index in [2.05, 4.69) is 38.4 Å². The second-order valence-corrected chi connectivity index (χ2v) is 8.11. The molecule has 0 bridgehead atoms. The summed E-state index contributed by atoms with van der Waals surface area (Å²) in [7, 11) is 1.99. The van der Waals surface area contributed by atoms with Crippen molar-refractivity contribution < 1.29 is 0 Å². The van der Waals surface area contributed by atoms with E-state index < -0.39 is 0 Å². The van der Waals surface area contributed by atoms with Crippen LogP contribution in [0.5, 0.6) is 0 Å². The van der Waals surface area contributed by atoms with E-state index in [0.717, 1.165) is 13.1 Å². The zero-order chi connectivity index (χ0) is 15.9. The van der Waals surface area contributed by atoms with E-state index in [1.165, 1.54) is 55.2 Å². The maximum atomic E-state index is 4.64. The third kappa shape index (κ3) is 3.07. The Morgan fingerprint density at radius 1 is 1.17 bits per heavy atom. The summed E-state index contributed by atoms with van der Waals surface area (Å²) in [5, 5.41) is 7.68. The summed E-state index contributed by atoms with van der Waals surface area (Å²) in [6, 6.07) is 0. The molecule has 6 heteroatoms. The number of aromatic nitrogens is 3. The summed E-state index contributed by atoms with van der Waals surface area (Å²) in [5.41, 5.74) is 3.03. The Balaban J connectivity index is 1.33. The SMILES string of the molecule is Cc1nc(CN2CCC23CCN(Cc2cnn(C)c2)CC3)cs1. The average Bonchev–Trinajstić information content (AvgIpc) is 3.13. The highest BCUT2D eigenvalue weighted by molar-refractivity contribution is 7.09. The first-order valence-corrected chi connectivity index (χ1v) is 9.37. The van der Waals surface area contributed by atoms with Crippen LogP contribution in [-0.4, -0.2) is 49.7 Å². The maximum absolute atomic E-state index is 4.64. The summed E-state index contributed by atoms with van der Waals surface area (Å²) < 4.78 is 1.89. The van der Waals surface area contributed by atoms with Crippen molar-refractivity contribution in [1.29, 1.82) is 0 Å². The first-order chi connectivity index (χ1) is 11.1. The molecule has 0 unspecified atom stereocenters. The number of aryl methyl sites for hydroxylation is 2. The van der Waals surface area contributed by atoms with E-state index in [1.54, 1.807) is 11.3 Å². The van der Waals surface area contributed by atoms with Gasteiger partial charge in [0.2, 0.25) is 0 Å². The second kappa shape index (κ2) is 6.00. The van der Waals surface area contributed by atoms with Gasteiger partial charge in [-0.15, -0.1) is 11.3 Å². The number of likely N-dealkylation sites (tertiary alicyclic amines) is 2. The molecule has 4 rings (SSSR count). The Kier molecular flexibility index (Phi) is 3.99. The lowest BCUT2D eigenvalue weighted by Gasteiger charge is -2.56. The van der Waals surface area contributed by atoms with Crippen LogP contribution in [0.1, 0.15) is 35.5 Å². The molecule has 5 nitrogen and oxygen atoms in total. The third-order valence-electron chi connectivity index (χ3n) is 5.49. The first kappa shape index (κ1) is 15.3. The van der Waals surface area contributed by atoms with Crippen LogP contribution >= 0.6 is 11.3 Å². The predicted octanol–water partition coefficient (Wildman–Crippen LogP) is 2.43. The van der Waals surface area contributed by atoms with Crippen molar-refractivity contribution >= 4 is 11.3 Å². The van der Waals surface area contributed by atoms with Gasteiger partial charge in [0.25, 0.3) is 0 Å². The molecule has 0 aliphatic carbocycles. The number of thiazole rings is 1. The molecule has 0 aromatic carbocycles. The van der Waals surface area contributed by atoms with Gasteiger partial charge in [-0.2, -0.15) is 5.10 Å². The second-order valence-electron chi connectivity index (χ2n) is 7.05. The van der Waals surface area contributed by atoms with Gasteiger partial charge in [0.05, 0.1) is 16.9 Å². The lowest BCUT2D eigenvalue weighted by molar-refractivity contribution is -0.0665. The largest absolute Gasteiger partial charge is 0.299 e. The maximum Gasteiger partial charge on any atom is 0.0897 e. The highest BCUT2D eigenvalue weighted by atomic mass is 32.1. The topological polar surface area (TPSA) is 37.2 Å². The van der Waals surface area contributed by atoms with Crippen molar-refractivity contribution in [3.63, 3.8) is 0 Å². The van der Waals surface area contributed by atoms with Crippen LogP contribution in [0.2, 0.25) is 0 Å². The lowest BCUT2D eigenvalue weighted by Crippen LogP contribution is -2.63. The fraction of sp³-hybridized carbons (Fsp3) is 0.647. The number of nitrogens with zero attached hydrogens (tertiary/aromatic N) is 5. The Hall–Kier alpha value is -1.24. The van der Waals surface area contributed by atoms with Crippen molar-refractivity contribution in [1.82, 2.24) is 24.6 Å². The van der Waals surface area contributed by atoms with Crippen LogP contribution in [0.3, 0.4) is 0 Å². The van der Waals surface area contributed by atoms with Gasteiger partial charge in [0, 0.05) is 62.5 Å². The summed E-state index contributed by atoms with van der Waals surface area (Å²) in [6.45, 7) is 7.79. The lowest BCUT2D eigenvalue weighted by atomic mass is 9.76. The van der Waals surface area contributed by atoms with Crippen LogP contribution in [0.4, 0.5) is 0 Å². The molecule has 2 aromatic rings.